The minimum Gasteiger partial charge on any atom is -0.497 e. The molecule has 208 valence electrons. The van der Waals surface area contributed by atoms with Gasteiger partial charge in [0.1, 0.15) is 18.3 Å². The molecule has 0 radical (unpaired) electrons. The topological polar surface area (TPSA) is 96.0 Å². The smallest absolute Gasteiger partial charge is 0.264 e. The fourth-order valence-corrected chi connectivity index (χ4v) is 5.71. The Hall–Kier alpha value is -3.85. The molecule has 1 atom stereocenters. The Labute approximate surface area is 231 Å². The van der Waals surface area contributed by atoms with Crippen molar-refractivity contribution in [1.82, 2.24) is 10.2 Å². The van der Waals surface area contributed by atoms with Gasteiger partial charge in [-0.1, -0.05) is 48.9 Å². The van der Waals surface area contributed by atoms with Crippen LogP contribution < -0.4 is 14.4 Å². The molecule has 0 spiro atoms. The van der Waals surface area contributed by atoms with Gasteiger partial charge in [0, 0.05) is 13.1 Å². The van der Waals surface area contributed by atoms with E-state index in [4.69, 9.17) is 4.74 Å². The molecule has 0 fully saturated rings. The summed E-state index contributed by atoms with van der Waals surface area (Å²) in [6.07, 6.45) is 0.372. The summed E-state index contributed by atoms with van der Waals surface area (Å²) in [6.45, 7) is 7.57. The average molecular weight is 552 g/mol. The van der Waals surface area contributed by atoms with Crippen molar-refractivity contribution in [1.29, 1.82) is 0 Å². The number of hydrogen-bond donors (Lipinski definition) is 1. The summed E-state index contributed by atoms with van der Waals surface area (Å²) in [7, 11) is -2.60. The fourth-order valence-electron chi connectivity index (χ4n) is 4.30. The number of rotatable bonds is 12. The van der Waals surface area contributed by atoms with E-state index in [9.17, 15) is 18.0 Å². The molecule has 0 unspecified atom stereocenters. The number of sulfonamides is 1. The maximum atomic E-state index is 14.0. The van der Waals surface area contributed by atoms with Crippen LogP contribution in [0.3, 0.4) is 0 Å². The maximum Gasteiger partial charge on any atom is 0.264 e. The van der Waals surface area contributed by atoms with Crippen LogP contribution in [0.2, 0.25) is 0 Å². The Morgan fingerprint density at radius 1 is 0.923 bits per heavy atom. The highest BCUT2D eigenvalue weighted by atomic mass is 32.2. The van der Waals surface area contributed by atoms with E-state index in [0.717, 1.165) is 21.0 Å². The quantitative estimate of drug-likeness (QED) is 0.359. The average Bonchev–Trinajstić information content (AvgIpc) is 2.93. The molecule has 0 aliphatic carbocycles. The number of aryl methyl sites for hydroxylation is 2. The second-order valence-corrected chi connectivity index (χ2v) is 11.2. The van der Waals surface area contributed by atoms with Crippen molar-refractivity contribution >= 4 is 27.5 Å². The minimum atomic E-state index is -4.12. The summed E-state index contributed by atoms with van der Waals surface area (Å²) in [4.78, 5) is 28.6. The minimum absolute atomic E-state index is 0.0675. The highest BCUT2D eigenvalue weighted by Crippen LogP contribution is 2.27. The van der Waals surface area contributed by atoms with E-state index in [1.54, 1.807) is 36.4 Å². The largest absolute Gasteiger partial charge is 0.497 e. The Morgan fingerprint density at radius 2 is 1.56 bits per heavy atom. The third kappa shape index (κ3) is 7.17. The summed E-state index contributed by atoms with van der Waals surface area (Å²) in [5, 5.41) is 2.81. The zero-order chi connectivity index (χ0) is 28.6. The van der Waals surface area contributed by atoms with Crippen LogP contribution in [0.15, 0.2) is 77.7 Å². The summed E-state index contributed by atoms with van der Waals surface area (Å²) in [5.74, 6) is -0.205. The maximum absolute atomic E-state index is 14.0. The van der Waals surface area contributed by atoms with Crippen LogP contribution in [0, 0.1) is 13.8 Å². The first-order chi connectivity index (χ1) is 18.6. The van der Waals surface area contributed by atoms with E-state index >= 15 is 0 Å². The third-order valence-corrected chi connectivity index (χ3v) is 8.38. The summed E-state index contributed by atoms with van der Waals surface area (Å²) < 4.78 is 34.1. The van der Waals surface area contributed by atoms with Crippen LogP contribution in [0.4, 0.5) is 5.69 Å². The van der Waals surface area contributed by atoms with Gasteiger partial charge in [0.25, 0.3) is 10.0 Å². The van der Waals surface area contributed by atoms with Crippen LogP contribution >= 0.6 is 0 Å². The number of carbonyl (C=O) groups excluding carboxylic acids is 2. The summed E-state index contributed by atoms with van der Waals surface area (Å²) in [5.41, 5.74) is 3.08. The molecule has 0 heterocycles. The molecule has 0 bridgehead atoms. The number of anilines is 1. The molecule has 3 aromatic rings. The van der Waals surface area contributed by atoms with Crippen molar-refractivity contribution in [2.45, 2.75) is 51.6 Å². The number of ether oxygens (including phenoxy) is 1. The second-order valence-electron chi connectivity index (χ2n) is 9.29. The van der Waals surface area contributed by atoms with E-state index in [1.807, 2.05) is 52.0 Å². The number of methoxy groups -OCH3 is 1. The van der Waals surface area contributed by atoms with Gasteiger partial charge in [0.2, 0.25) is 11.8 Å². The molecule has 39 heavy (non-hydrogen) atoms. The Morgan fingerprint density at radius 3 is 2.13 bits per heavy atom. The van der Waals surface area contributed by atoms with E-state index < -0.39 is 28.5 Å². The molecule has 9 heteroatoms. The first-order valence-electron chi connectivity index (χ1n) is 13.0. The zero-order valence-electron chi connectivity index (χ0n) is 23.2. The summed E-state index contributed by atoms with van der Waals surface area (Å²) >= 11 is 0. The van der Waals surface area contributed by atoms with Gasteiger partial charge in [0.05, 0.1) is 17.7 Å². The molecule has 2 amide bonds. The lowest BCUT2D eigenvalue weighted by molar-refractivity contribution is -0.140. The normalized spacial score (nSPS) is 11.9. The lowest BCUT2D eigenvalue weighted by atomic mass is 10.1. The van der Waals surface area contributed by atoms with Gasteiger partial charge < -0.3 is 15.0 Å². The number of carbonyl (C=O) groups is 2. The third-order valence-electron chi connectivity index (χ3n) is 6.59. The van der Waals surface area contributed by atoms with Crippen LogP contribution in [-0.2, 0) is 26.2 Å². The lowest BCUT2D eigenvalue weighted by Crippen LogP contribution is -2.52. The van der Waals surface area contributed by atoms with Gasteiger partial charge >= 0.3 is 0 Å². The molecule has 3 rings (SSSR count). The van der Waals surface area contributed by atoms with Gasteiger partial charge in [-0.3, -0.25) is 13.9 Å². The highest BCUT2D eigenvalue weighted by Gasteiger charge is 2.33. The number of nitrogens with one attached hydrogen (secondary N) is 1. The highest BCUT2D eigenvalue weighted by molar-refractivity contribution is 7.92. The summed E-state index contributed by atoms with van der Waals surface area (Å²) in [6, 6.07) is 19.8. The molecule has 0 aliphatic rings. The first-order valence-corrected chi connectivity index (χ1v) is 14.4. The predicted octanol–water partition coefficient (Wildman–Crippen LogP) is 4.45. The molecule has 3 aromatic carbocycles. The van der Waals surface area contributed by atoms with Crippen molar-refractivity contribution in [2.75, 3.05) is 24.5 Å². The molecular formula is C30H37N3O5S. The predicted molar refractivity (Wildman–Crippen MR) is 153 cm³/mol. The van der Waals surface area contributed by atoms with Gasteiger partial charge in [0.15, 0.2) is 0 Å². The molecular weight excluding hydrogens is 514 g/mol. The standard InChI is InChI=1S/C30H37N3O5S/c1-6-28(30(35)31-7-2)32(20-24-11-9-8-10-23(24)4)29(34)21-33(25-14-16-26(38-5)17-15-25)39(36,37)27-18-12-22(3)13-19-27/h8-19,28H,6-7,20-21H2,1-5H3,(H,31,35)/t28-/m1/s1. The Balaban J connectivity index is 2.07. The Kier molecular flexibility index (Phi) is 10.1. The number of nitrogens with zero attached hydrogens (tertiary/aromatic N) is 2. The van der Waals surface area contributed by atoms with E-state index in [0.29, 0.717) is 24.4 Å². The molecule has 8 nitrogen and oxygen atoms in total. The molecule has 0 saturated carbocycles. The van der Waals surface area contributed by atoms with Gasteiger partial charge in [-0.15, -0.1) is 0 Å². The number of hydrogen-bond acceptors (Lipinski definition) is 5. The number of benzene rings is 3. The van der Waals surface area contributed by atoms with Crippen molar-refractivity contribution in [2.24, 2.45) is 0 Å². The van der Waals surface area contributed by atoms with Crippen molar-refractivity contribution < 1.29 is 22.7 Å². The van der Waals surface area contributed by atoms with Crippen LogP contribution in [-0.4, -0.2) is 51.4 Å². The molecule has 0 saturated heterocycles. The zero-order valence-corrected chi connectivity index (χ0v) is 24.0. The van der Waals surface area contributed by atoms with Crippen LogP contribution in [0.1, 0.15) is 37.0 Å². The van der Waals surface area contributed by atoms with E-state index in [-0.39, 0.29) is 17.3 Å². The van der Waals surface area contributed by atoms with Crippen molar-refractivity contribution in [3.63, 3.8) is 0 Å². The van der Waals surface area contributed by atoms with Gasteiger partial charge in [-0.2, -0.15) is 0 Å². The fraction of sp³-hybridized carbons (Fsp3) is 0.333. The lowest BCUT2D eigenvalue weighted by Gasteiger charge is -2.33. The molecule has 1 N–H and O–H groups in total. The SMILES string of the molecule is CCNC(=O)[C@@H](CC)N(Cc1ccccc1C)C(=O)CN(c1ccc(OC)cc1)S(=O)(=O)c1ccc(C)cc1. The van der Waals surface area contributed by atoms with E-state index in [1.165, 1.54) is 24.1 Å². The second kappa shape index (κ2) is 13.3. The first kappa shape index (κ1) is 29.7. The van der Waals surface area contributed by atoms with Gasteiger partial charge in [-0.25, -0.2) is 8.42 Å². The van der Waals surface area contributed by atoms with Crippen LogP contribution in [0.5, 0.6) is 5.75 Å². The van der Waals surface area contributed by atoms with Crippen molar-refractivity contribution in [3.05, 3.63) is 89.5 Å². The van der Waals surface area contributed by atoms with Crippen LogP contribution in [0.25, 0.3) is 0 Å². The number of amides is 2. The monoisotopic (exact) mass is 551 g/mol. The Bertz CT molecular complexity index is 1370. The molecule has 0 aromatic heterocycles. The van der Waals surface area contributed by atoms with E-state index in [2.05, 4.69) is 5.32 Å². The number of likely N-dealkylation sites (N-methyl/N-ethyl adjacent to an activating group) is 1. The van der Waals surface area contributed by atoms with Gasteiger partial charge in [-0.05, 0) is 74.7 Å². The van der Waals surface area contributed by atoms with Crippen molar-refractivity contribution in [3.8, 4) is 5.75 Å². The molecule has 0 aliphatic heterocycles.